The topological polar surface area (TPSA) is 64.1 Å². The van der Waals surface area contributed by atoms with E-state index in [4.69, 9.17) is 11.6 Å². The van der Waals surface area contributed by atoms with E-state index >= 15 is 0 Å². The molecule has 0 aromatic heterocycles. The fraction of sp³-hybridized carbons (Fsp3) is 0.517. The van der Waals surface area contributed by atoms with Crippen molar-refractivity contribution in [2.45, 2.75) is 44.6 Å². The number of rotatable bonds is 5. The first kappa shape index (κ1) is 26.9. The van der Waals surface area contributed by atoms with Crippen molar-refractivity contribution in [3.8, 4) is 0 Å². The average molecular weight is 546 g/mol. The van der Waals surface area contributed by atoms with Crippen LogP contribution in [0.3, 0.4) is 0 Å². The Hall–Kier alpha value is -2.71. The third-order valence-corrected chi connectivity index (χ3v) is 8.92. The van der Waals surface area contributed by atoms with E-state index in [2.05, 4.69) is 4.90 Å². The highest BCUT2D eigenvalue weighted by Crippen LogP contribution is 2.35. The van der Waals surface area contributed by atoms with Crippen LogP contribution >= 0.6 is 11.6 Å². The predicted molar refractivity (Wildman–Crippen MR) is 143 cm³/mol. The third-order valence-electron chi connectivity index (χ3n) is 8.61. The van der Waals surface area contributed by atoms with Crippen LogP contribution in [0.15, 0.2) is 36.4 Å². The monoisotopic (exact) mass is 545 g/mol. The lowest BCUT2D eigenvalue weighted by Gasteiger charge is -2.41. The quantitative estimate of drug-likeness (QED) is 0.575. The molecule has 204 valence electrons. The van der Waals surface area contributed by atoms with E-state index in [1.165, 1.54) is 6.07 Å². The van der Waals surface area contributed by atoms with Crippen LogP contribution in [0.2, 0.25) is 5.02 Å². The maximum absolute atomic E-state index is 14.1. The number of benzene rings is 2. The van der Waals surface area contributed by atoms with E-state index in [0.717, 1.165) is 69.4 Å². The Balaban J connectivity index is 1.14. The summed E-state index contributed by atoms with van der Waals surface area (Å²) in [5, 5.41) is 9.99. The molecule has 0 aliphatic carbocycles. The van der Waals surface area contributed by atoms with Crippen molar-refractivity contribution in [3.63, 3.8) is 0 Å². The maximum Gasteiger partial charge on any atom is 0.259 e. The van der Waals surface area contributed by atoms with Crippen molar-refractivity contribution in [1.82, 2.24) is 9.80 Å². The molecule has 0 saturated carbocycles. The van der Waals surface area contributed by atoms with Gasteiger partial charge in [-0.25, -0.2) is 8.78 Å². The van der Waals surface area contributed by atoms with Gasteiger partial charge in [0.15, 0.2) is 0 Å². The normalized spacial score (nSPS) is 21.3. The number of likely N-dealkylation sites (tertiary alicyclic amines) is 2. The second-order valence-electron chi connectivity index (χ2n) is 10.7. The summed E-state index contributed by atoms with van der Waals surface area (Å²) in [6, 6.07) is 8.99. The number of piperidine rings is 2. The summed E-state index contributed by atoms with van der Waals surface area (Å²) < 4.78 is 28.1. The molecular formula is C29H34ClF2N3O3. The van der Waals surface area contributed by atoms with Crippen LogP contribution < -0.4 is 4.90 Å². The standard InChI is InChI=1S/C29H34ClF2N3O3/c30-24-17-21(6-7-23(24)28(37)35-12-2-3-22(35)18-36)33-13-8-19(9-14-33)20-10-15-34(16-11-20)29(38)27-25(31)4-1-5-26(27)32/h1,4-7,17,19-20,22,36H,2-3,8-16,18H2. The summed E-state index contributed by atoms with van der Waals surface area (Å²) in [6.45, 7) is 3.39. The van der Waals surface area contributed by atoms with Crippen LogP contribution in [0.1, 0.15) is 59.2 Å². The van der Waals surface area contributed by atoms with Gasteiger partial charge >= 0.3 is 0 Å². The second-order valence-corrected chi connectivity index (χ2v) is 11.1. The zero-order valence-electron chi connectivity index (χ0n) is 21.4. The highest BCUT2D eigenvalue weighted by atomic mass is 35.5. The van der Waals surface area contributed by atoms with Gasteiger partial charge in [0.1, 0.15) is 17.2 Å². The minimum Gasteiger partial charge on any atom is -0.394 e. The summed E-state index contributed by atoms with van der Waals surface area (Å²) >= 11 is 6.55. The number of hydrogen-bond acceptors (Lipinski definition) is 4. The summed E-state index contributed by atoms with van der Waals surface area (Å²) in [7, 11) is 0. The van der Waals surface area contributed by atoms with Gasteiger partial charge in [-0.05, 0) is 80.7 Å². The van der Waals surface area contributed by atoms with E-state index in [0.29, 0.717) is 42.1 Å². The second kappa shape index (κ2) is 11.6. The minimum absolute atomic E-state index is 0.0319. The van der Waals surface area contributed by atoms with Crippen molar-refractivity contribution < 1.29 is 23.5 Å². The van der Waals surface area contributed by atoms with Gasteiger partial charge in [0, 0.05) is 38.4 Å². The van der Waals surface area contributed by atoms with Crippen LogP contribution in [0.25, 0.3) is 0 Å². The molecule has 0 spiro atoms. The Bertz CT molecular complexity index is 1160. The molecule has 2 aromatic rings. The summed E-state index contributed by atoms with van der Waals surface area (Å²) in [6.07, 6.45) is 5.41. The number of aliphatic hydroxyl groups excluding tert-OH is 1. The molecule has 3 fully saturated rings. The molecule has 5 rings (SSSR count). The van der Waals surface area contributed by atoms with Gasteiger partial charge in [-0.15, -0.1) is 0 Å². The molecule has 0 bridgehead atoms. The van der Waals surface area contributed by atoms with Gasteiger partial charge in [-0.2, -0.15) is 0 Å². The van der Waals surface area contributed by atoms with Gasteiger partial charge in [0.05, 0.1) is 23.2 Å². The molecule has 1 unspecified atom stereocenters. The molecule has 1 N–H and O–H groups in total. The Morgan fingerprint density at radius 3 is 2.11 bits per heavy atom. The van der Waals surface area contributed by atoms with Crippen LogP contribution in [0.4, 0.5) is 14.5 Å². The van der Waals surface area contributed by atoms with Gasteiger partial charge in [-0.3, -0.25) is 9.59 Å². The molecular weight excluding hydrogens is 512 g/mol. The van der Waals surface area contributed by atoms with E-state index < -0.39 is 23.1 Å². The molecule has 1 atom stereocenters. The number of carbonyl (C=O) groups is 2. The molecule has 3 saturated heterocycles. The fourth-order valence-corrected chi connectivity index (χ4v) is 6.64. The fourth-order valence-electron chi connectivity index (χ4n) is 6.39. The number of amides is 2. The maximum atomic E-state index is 14.1. The summed E-state index contributed by atoms with van der Waals surface area (Å²) in [5.41, 5.74) is 1.01. The number of halogens is 3. The Labute approximate surface area is 227 Å². The molecule has 38 heavy (non-hydrogen) atoms. The predicted octanol–water partition coefficient (Wildman–Crippen LogP) is 4.98. The van der Waals surface area contributed by atoms with Crippen LogP contribution in [0.5, 0.6) is 0 Å². The minimum atomic E-state index is -0.813. The SMILES string of the molecule is O=C(c1c(F)cccc1F)N1CCC(C2CCN(c3ccc(C(=O)N4CCCC4CO)c(Cl)c3)CC2)CC1. The smallest absolute Gasteiger partial charge is 0.259 e. The number of hydrogen-bond donors (Lipinski definition) is 1. The van der Waals surface area contributed by atoms with Crippen molar-refractivity contribution in [2.75, 3.05) is 44.2 Å². The number of anilines is 1. The van der Waals surface area contributed by atoms with E-state index in [9.17, 15) is 23.5 Å². The zero-order chi connectivity index (χ0) is 26.8. The molecule has 0 radical (unpaired) electrons. The van der Waals surface area contributed by atoms with Crippen molar-refractivity contribution in [2.24, 2.45) is 11.8 Å². The van der Waals surface area contributed by atoms with Gasteiger partial charge < -0.3 is 19.8 Å². The number of nitrogens with zero attached hydrogens (tertiary/aromatic N) is 3. The third kappa shape index (κ3) is 5.38. The lowest BCUT2D eigenvalue weighted by atomic mass is 9.78. The van der Waals surface area contributed by atoms with Crippen molar-refractivity contribution in [1.29, 1.82) is 0 Å². The molecule has 9 heteroatoms. The first-order chi connectivity index (χ1) is 18.4. The Kier molecular flexibility index (Phi) is 8.19. The molecule has 3 aliphatic rings. The Morgan fingerprint density at radius 2 is 1.50 bits per heavy atom. The Morgan fingerprint density at radius 1 is 0.868 bits per heavy atom. The highest BCUT2D eigenvalue weighted by Gasteiger charge is 2.33. The van der Waals surface area contributed by atoms with Gasteiger partial charge in [0.2, 0.25) is 0 Å². The molecule has 3 heterocycles. The van der Waals surface area contributed by atoms with E-state index in [-0.39, 0.29) is 18.6 Å². The van der Waals surface area contributed by atoms with Crippen molar-refractivity contribution in [3.05, 3.63) is 64.2 Å². The average Bonchev–Trinajstić information content (AvgIpc) is 3.42. The molecule has 3 aliphatic heterocycles. The lowest BCUT2D eigenvalue weighted by molar-refractivity contribution is 0.0635. The first-order valence-electron chi connectivity index (χ1n) is 13.6. The number of carbonyl (C=O) groups excluding carboxylic acids is 2. The van der Waals surface area contributed by atoms with E-state index in [1.54, 1.807) is 15.9 Å². The molecule has 6 nitrogen and oxygen atoms in total. The zero-order valence-corrected chi connectivity index (χ0v) is 22.2. The highest BCUT2D eigenvalue weighted by molar-refractivity contribution is 6.34. The van der Waals surface area contributed by atoms with Gasteiger partial charge in [0.25, 0.3) is 11.8 Å². The molecule has 2 amide bonds. The van der Waals surface area contributed by atoms with Crippen LogP contribution in [0, 0.1) is 23.5 Å². The lowest BCUT2D eigenvalue weighted by Crippen LogP contribution is -2.43. The van der Waals surface area contributed by atoms with Crippen molar-refractivity contribution >= 4 is 29.1 Å². The van der Waals surface area contributed by atoms with Gasteiger partial charge in [-0.1, -0.05) is 17.7 Å². The largest absolute Gasteiger partial charge is 0.394 e. The summed E-state index contributed by atoms with van der Waals surface area (Å²) in [5.74, 6) is -1.30. The summed E-state index contributed by atoms with van der Waals surface area (Å²) in [4.78, 5) is 31.3. The van der Waals surface area contributed by atoms with E-state index in [1.807, 2.05) is 12.1 Å². The van der Waals surface area contributed by atoms with Crippen LogP contribution in [-0.4, -0.2) is 72.1 Å². The first-order valence-corrected chi connectivity index (χ1v) is 13.9. The molecule has 2 aromatic carbocycles. The van der Waals surface area contributed by atoms with Crippen LogP contribution in [-0.2, 0) is 0 Å². The number of aliphatic hydroxyl groups is 1.